The van der Waals surface area contributed by atoms with E-state index in [2.05, 4.69) is 18.9 Å². The Balaban J connectivity index is 1.63. The number of rotatable bonds is 10. The number of nitrogens with zero attached hydrogens (tertiary/aromatic N) is 4. The lowest BCUT2D eigenvalue weighted by molar-refractivity contribution is -0.384. The number of hydrogen-bond acceptors (Lipinski definition) is 8. The Morgan fingerprint density at radius 1 is 0.977 bits per heavy atom. The van der Waals surface area contributed by atoms with E-state index in [0.717, 1.165) is 22.4 Å². The molecule has 224 valence electrons. The molecule has 0 radical (unpaired) electrons. The molecule has 0 aliphatic carbocycles. The highest BCUT2D eigenvalue weighted by Gasteiger charge is 2.19. The minimum Gasteiger partial charge on any atom is -0.496 e. The summed E-state index contributed by atoms with van der Waals surface area (Å²) in [4.78, 5) is 29.5. The van der Waals surface area contributed by atoms with Crippen LogP contribution in [0, 0.1) is 17.0 Å². The first-order valence-electron chi connectivity index (χ1n) is 14.0. The van der Waals surface area contributed by atoms with Crippen molar-refractivity contribution in [3.8, 4) is 28.6 Å². The maximum absolute atomic E-state index is 13.9. The highest BCUT2D eigenvalue weighted by Crippen LogP contribution is 2.35. The first kappa shape index (κ1) is 30.0. The van der Waals surface area contributed by atoms with Crippen LogP contribution in [0.3, 0.4) is 0 Å². The number of hydrogen-bond donors (Lipinski definition) is 0. The summed E-state index contributed by atoms with van der Waals surface area (Å²) in [5, 5.41) is 16.3. The maximum Gasteiger partial charge on any atom is 0.282 e. The van der Waals surface area contributed by atoms with Crippen molar-refractivity contribution in [2.24, 2.45) is 5.10 Å². The number of aromatic nitrogens is 2. The van der Waals surface area contributed by atoms with Crippen LogP contribution in [-0.2, 0) is 6.61 Å². The molecule has 0 aliphatic heterocycles. The Labute approximate surface area is 254 Å². The first-order chi connectivity index (χ1) is 21.2. The number of methoxy groups -OCH3 is 2. The third-order valence-electron chi connectivity index (χ3n) is 7.24. The zero-order valence-corrected chi connectivity index (χ0v) is 25.1. The maximum atomic E-state index is 13.9. The number of para-hydroxylation sites is 2. The second kappa shape index (κ2) is 12.8. The fraction of sp³-hybridized carbons (Fsp3) is 0.206. The van der Waals surface area contributed by atoms with Gasteiger partial charge in [0.05, 0.1) is 36.3 Å². The van der Waals surface area contributed by atoms with Gasteiger partial charge in [0.15, 0.2) is 17.3 Å². The second-order valence-electron chi connectivity index (χ2n) is 10.5. The molecule has 5 aromatic rings. The van der Waals surface area contributed by atoms with E-state index >= 15 is 0 Å². The summed E-state index contributed by atoms with van der Waals surface area (Å²) >= 11 is 0. The molecule has 1 aromatic heterocycles. The fourth-order valence-electron chi connectivity index (χ4n) is 4.96. The number of ether oxygens (including phenoxy) is 3. The van der Waals surface area contributed by atoms with Crippen molar-refractivity contribution in [1.29, 1.82) is 0 Å². The fourth-order valence-corrected chi connectivity index (χ4v) is 4.96. The molecule has 5 rings (SSSR count). The van der Waals surface area contributed by atoms with Gasteiger partial charge in [-0.3, -0.25) is 14.9 Å². The minimum atomic E-state index is -0.452. The third kappa shape index (κ3) is 6.00. The first-order valence-corrected chi connectivity index (χ1v) is 14.0. The van der Waals surface area contributed by atoms with E-state index in [0.29, 0.717) is 39.4 Å². The number of nitro groups is 1. The van der Waals surface area contributed by atoms with E-state index in [1.807, 2.05) is 25.1 Å². The van der Waals surface area contributed by atoms with E-state index < -0.39 is 4.92 Å². The lowest BCUT2D eigenvalue weighted by Gasteiger charge is -2.17. The monoisotopic (exact) mass is 592 g/mol. The Morgan fingerprint density at radius 3 is 2.45 bits per heavy atom. The molecule has 0 fully saturated rings. The SMILES string of the molecule is COc1cc(C)c(-c2nc3ccccc3c(=O)n2N=Cc2cccc(OC)c2OCc2cccc([N+](=O)[O-])c2)cc1C(C)C. The van der Waals surface area contributed by atoms with Crippen LogP contribution in [0.1, 0.15) is 42.0 Å². The Kier molecular flexibility index (Phi) is 8.71. The van der Waals surface area contributed by atoms with Gasteiger partial charge in [0.25, 0.3) is 11.2 Å². The lowest BCUT2D eigenvalue weighted by Crippen LogP contribution is -2.21. The van der Waals surface area contributed by atoms with Crippen LogP contribution in [0.5, 0.6) is 17.2 Å². The van der Waals surface area contributed by atoms with Crippen LogP contribution in [0.15, 0.2) is 88.8 Å². The average molecular weight is 593 g/mol. The molecule has 1 heterocycles. The smallest absolute Gasteiger partial charge is 0.282 e. The van der Waals surface area contributed by atoms with Crippen molar-refractivity contribution >= 4 is 22.8 Å². The number of benzene rings is 4. The molecule has 0 aliphatic rings. The van der Waals surface area contributed by atoms with Crippen molar-refractivity contribution in [2.45, 2.75) is 33.3 Å². The quantitative estimate of drug-likeness (QED) is 0.0985. The summed E-state index contributed by atoms with van der Waals surface area (Å²) in [5.74, 6) is 2.12. The molecule has 0 bridgehead atoms. The minimum absolute atomic E-state index is 0.0296. The molecule has 44 heavy (non-hydrogen) atoms. The van der Waals surface area contributed by atoms with E-state index in [1.165, 1.54) is 30.1 Å². The van der Waals surface area contributed by atoms with Crippen LogP contribution in [0.4, 0.5) is 5.69 Å². The van der Waals surface area contributed by atoms with E-state index in [9.17, 15) is 14.9 Å². The van der Waals surface area contributed by atoms with Crippen LogP contribution in [0.2, 0.25) is 0 Å². The molecule has 4 aromatic carbocycles. The molecule has 0 saturated heterocycles. The van der Waals surface area contributed by atoms with Crippen molar-refractivity contribution in [1.82, 2.24) is 9.66 Å². The molecule has 0 N–H and O–H groups in total. The van der Waals surface area contributed by atoms with Crippen molar-refractivity contribution in [3.63, 3.8) is 0 Å². The topological polar surface area (TPSA) is 118 Å². The predicted molar refractivity (Wildman–Crippen MR) is 170 cm³/mol. The standard InChI is InChI=1S/C34H32N4O6/c1-21(2)27-18-28(22(3)16-31(27)43-5)33-36-29-14-7-6-13-26(29)34(39)37(33)35-19-24-11-9-15-30(42-4)32(24)44-20-23-10-8-12-25(17-23)38(40)41/h6-19,21H,20H2,1-5H3. The third-order valence-corrected chi connectivity index (χ3v) is 7.24. The number of nitro benzene ring substituents is 1. The van der Waals surface area contributed by atoms with Gasteiger partial charge in [0.2, 0.25) is 0 Å². The van der Waals surface area contributed by atoms with Crippen molar-refractivity contribution in [3.05, 3.63) is 122 Å². The highest BCUT2D eigenvalue weighted by atomic mass is 16.6. The Bertz CT molecular complexity index is 1950. The summed E-state index contributed by atoms with van der Waals surface area (Å²) in [6, 6.07) is 22.6. The van der Waals surface area contributed by atoms with Gasteiger partial charge >= 0.3 is 0 Å². The van der Waals surface area contributed by atoms with Crippen LogP contribution in [-0.4, -0.2) is 35.0 Å². The second-order valence-corrected chi connectivity index (χ2v) is 10.5. The van der Waals surface area contributed by atoms with E-state index in [1.54, 1.807) is 55.6 Å². The molecule has 0 saturated carbocycles. The summed E-state index contributed by atoms with van der Waals surface area (Å²) < 4.78 is 18.6. The van der Waals surface area contributed by atoms with E-state index in [-0.39, 0.29) is 23.8 Å². The van der Waals surface area contributed by atoms with Crippen molar-refractivity contribution in [2.75, 3.05) is 14.2 Å². The van der Waals surface area contributed by atoms with Gasteiger partial charge in [-0.25, -0.2) is 4.98 Å². The number of aryl methyl sites for hydroxylation is 1. The Morgan fingerprint density at radius 2 is 1.73 bits per heavy atom. The number of fused-ring (bicyclic) bond motifs is 1. The lowest BCUT2D eigenvalue weighted by atomic mass is 9.96. The van der Waals surface area contributed by atoms with Gasteiger partial charge in [0.1, 0.15) is 12.4 Å². The summed E-state index contributed by atoms with van der Waals surface area (Å²) in [7, 11) is 3.16. The summed E-state index contributed by atoms with van der Waals surface area (Å²) in [6.45, 7) is 6.15. The summed E-state index contributed by atoms with van der Waals surface area (Å²) in [5.41, 5.74) is 3.96. The highest BCUT2D eigenvalue weighted by molar-refractivity contribution is 5.86. The predicted octanol–water partition coefficient (Wildman–Crippen LogP) is 6.88. The molecule has 10 nitrogen and oxygen atoms in total. The molecule has 0 amide bonds. The van der Waals surface area contributed by atoms with Gasteiger partial charge in [-0.05, 0) is 65.9 Å². The van der Waals surface area contributed by atoms with Gasteiger partial charge in [-0.15, -0.1) is 0 Å². The van der Waals surface area contributed by atoms with Crippen LogP contribution >= 0.6 is 0 Å². The molecular formula is C34H32N4O6. The van der Waals surface area contributed by atoms with Crippen molar-refractivity contribution < 1.29 is 19.1 Å². The average Bonchev–Trinajstić information content (AvgIpc) is 3.03. The largest absolute Gasteiger partial charge is 0.496 e. The van der Waals surface area contributed by atoms with E-state index in [4.69, 9.17) is 19.2 Å². The van der Waals surface area contributed by atoms with Gasteiger partial charge in [-0.1, -0.05) is 44.2 Å². The van der Waals surface area contributed by atoms with Gasteiger partial charge in [0, 0.05) is 23.3 Å². The molecule has 0 spiro atoms. The molecule has 0 unspecified atom stereocenters. The van der Waals surface area contributed by atoms with Crippen LogP contribution in [0.25, 0.3) is 22.3 Å². The summed E-state index contributed by atoms with van der Waals surface area (Å²) in [6.07, 6.45) is 1.52. The number of non-ortho nitro benzene ring substituents is 1. The zero-order valence-electron chi connectivity index (χ0n) is 25.1. The van der Waals surface area contributed by atoms with Gasteiger partial charge < -0.3 is 14.2 Å². The Hall–Kier alpha value is -5.51. The van der Waals surface area contributed by atoms with Crippen LogP contribution < -0.4 is 19.8 Å². The molecule has 10 heteroatoms. The molecular weight excluding hydrogens is 560 g/mol. The zero-order chi connectivity index (χ0) is 31.4. The van der Waals surface area contributed by atoms with Gasteiger partial charge in [-0.2, -0.15) is 9.78 Å². The normalized spacial score (nSPS) is 11.3. The molecule has 0 atom stereocenters.